The molecular formula is C25H28ClN5O. The van der Waals surface area contributed by atoms with Gasteiger partial charge in [-0.1, -0.05) is 85.6 Å². The molecule has 166 valence electrons. The van der Waals surface area contributed by atoms with E-state index in [-0.39, 0.29) is 11.9 Å². The average Bonchev–Trinajstić information content (AvgIpc) is 3.44. The first kappa shape index (κ1) is 22.2. The number of hydrogen-bond donors (Lipinski definition) is 1. The van der Waals surface area contributed by atoms with Crippen molar-refractivity contribution in [3.8, 4) is 11.1 Å². The molecule has 7 heteroatoms. The van der Waals surface area contributed by atoms with E-state index < -0.39 is 5.41 Å². The van der Waals surface area contributed by atoms with Crippen LogP contribution in [0.25, 0.3) is 11.1 Å². The highest BCUT2D eigenvalue weighted by molar-refractivity contribution is 6.29. The third-order valence-corrected chi connectivity index (χ3v) is 6.48. The molecule has 1 N–H and O–H groups in total. The Kier molecular flexibility index (Phi) is 6.70. The molecule has 0 saturated heterocycles. The number of nitrogens with zero attached hydrogens (tertiary/aromatic N) is 4. The zero-order valence-corrected chi connectivity index (χ0v) is 19.1. The Hall–Kier alpha value is -2.99. The number of rotatable bonds is 8. The smallest absolute Gasteiger partial charge is 0.227 e. The fourth-order valence-corrected chi connectivity index (χ4v) is 4.91. The fraction of sp³-hybridized carbons (Fsp3) is 0.360. The summed E-state index contributed by atoms with van der Waals surface area (Å²) in [4.78, 5) is 13.5. The van der Waals surface area contributed by atoms with Gasteiger partial charge in [0.05, 0.1) is 11.5 Å². The molecule has 1 saturated carbocycles. The lowest BCUT2D eigenvalue weighted by Crippen LogP contribution is -2.42. The molecule has 1 aliphatic carbocycles. The molecule has 6 nitrogen and oxygen atoms in total. The number of hydrogen-bond acceptors (Lipinski definition) is 4. The quantitative estimate of drug-likeness (QED) is 0.526. The van der Waals surface area contributed by atoms with Gasteiger partial charge < -0.3 is 5.32 Å². The first-order valence-electron chi connectivity index (χ1n) is 11.0. The number of tetrazole rings is 1. The summed E-state index contributed by atoms with van der Waals surface area (Å²) >= 11 is 6.14. The van der Waals surface area contributed by atoms with Crippen molar-refractivity contribution in [2.24, 2.45) is 12.5 Å². The minimum absolute atomic E-state index is 0.00528. The fourth-order valence-electron chi connectivity index (χ4n) is 4.65. The molecular weight excluding hydrogens is 422 g/mol. The van der Waals surface area contributed by atoms with Crippen LogP contribution in [0.1, 0.15) is 49.5 Å². The van der Waals surface area contributed by atoms with Crippen molar-refractivity contribution in [3.63, 3.8) is 0 Å². The van der Waals surface area contributed by atoms with Gasteiger partial charge in [-0.2, -0.15) is 0 Å². The lowest BCUT2D eigenvalue weighted by molar-refractivity contribution is -0.131. The third kappa shape index (κ3) is 4.91. The number of aryl methyl sites for hydroxylation is 1. The summed E-state index contributed by atoms with van der Waals surface area (Å²) < 4.78 is 1.62. The maximum Gasteiger partial charge on any atom is 0.227 e. The zero-order valence-electron chi connectivity index (χ0n) is 18.3. The Labute approximate surface area is 193 Å². The van der Waals surface area contributed by atoms with Gasteiger partial charge in [0, 0.05) is 18.5 Å². The second kappa shape index (κ2) is 9.65. The van der Waals surface area contributed by atoms with E-state index in [2.05, 4.69) is 63.8 Å². The normalized spacial score (nSPS) is 15.9. The Morgan fingerprint density at radius 3 is 2.38 bits per heavy atom. The van der Waals surface area contributed by atoms with Gasteiger partial charge in [0.15, 0.2) is 5.82 Å². The number of aromatic nitrogens is 4. The number of nitrogens with one attached hydrogen (secondary N) is 1. The van der Waals surface area contributed by atoms with Crippen LogP contribution in [0.3, 0.4) is 0 Å². The second-order valence-electron chi connectivity index (χ2n) is 8.64. The van der Waals surface area contributed by atoms with Crippen LogP contribution in [0.2, 0.25) is 0 Å². The van der Waals surface area contributed by atoms with Gasteiger partial charge in [-0.3, -0.25) is 4.79 Å². The SMILES string of the molecule is C=C(Cl)CC1(C(=O)NC(Cc2ccc(-c3ccccc3)cc2)c2nnnn2C)CCCC1. The maximum atomic E-state index is 13.5. The predicted molar refractivity (Wildman–Crippen MR) is 126 cm³/mol. The molecule has 4 rings (SSSR count). The van der Waals surface area contributed by atoms with Crippen molar-refractivity contribution in [2.75, 3.05) is 0 Å². The molecule has 0 radical (unpaired) electrons. The first-order valence-corrected chi connectivity index (χ1v) is 11.4. The number of amides is 1. The van der Waals surface area contributed by atoms with Gasteiger partial charge in [0.1, 0.15) is 0 Å². The van der Waals surface area contributed by atoms with Crippen molar-refractivity contribution < 1.29 is 4.79 Å². The van der Waals surface area contributed by atoms with Gasteiger partial charge in [0.2, 0.25) is 5.91 Å². The van der Waals surface area contributed by atoms with E-state index in [1.54, 1.807) is 11.7 Å². The van der Waals surface area contributed by atoms with E-state index in [1.807, 2.05) is 18.2 Å². The van der Waals surface area contributed by atoms with Crippen LogP contribution in [-0.2, 0) is 18.3 Å². The van der Waals surface area contributed by atoms with Crippen molar-refractivity contribution in [1.29, 1.82) is 0 Å². The molecule has 32 heavy (non-hydrogen) atoms. The highest BCUT2D eigenvalue weighted by atomic mass is 35.5. The molecule has 1 atom stereocenters. The van der Waals surface area contributed by atoms with E-state index in [0.717, 1.165) is 36.8 Å². The summed E-state index contributed by atoms with van der Waals surface area (Å²) in [6.07, 6.45) is 4.77. The van der Waals surface area contributed by atoms with E-state index in [1.165, 1.54) is 5.56 Å². The van der Waals surface area contributed by atoms with Crippen LogP contribution in [0, 0.1) is 5.41 Å². The summed E-state index contributed by atoms with van der Waals surface area (Å²) in [5.74, 6) is 0.633. The minimum Gasteiger partial charge on any atom is -0.345 e. The van der Waals surface area contributed by atoms with Crippen molar-refractivity contribution in [1.82, 2.24) is 25.5 Å². The minimum atomic E-state index is -0.500. The number of carbonyl (C=O) groups is 1. The molecule has 2 aromatic carbocycles. The molecule has 1 aliphatic rings. The molecule has 1 amide bonds. The van der Waals surface area contributed by atoms with Crippen molar-refractivity contribution in [2.45, 2.75) is 44.6 Å². The third-order valence-electron chi connectivity index (χ3n) is 6.34. The molecule has 0 aliphatic heterocycles. The van der Waals surface area contributed by atoms with Crippen molar-refractivity contribution >= 4 is 17.5 Å². The Morgan fingerprint density at radius 1 is 1.12 bits per heavy atom. The standard InChI is InChI=1S/C25H28ClN5O/c1-18(26)17-25(14-6-7-15-25)24(32)27-22(23-28-29-30-31(23)2)16-19-10-12-21(13-11-19)20-8-4-3-5-9-20/h3-5,8-13,22H,1,6-7,14-17H2,2H3,(H,27,32). The summed E-state index contributed by atoms with van der Waals surface area (Å²) in [6, 6.07) is 18.3. The van der Waals surface area contributed by atoms with Crippen LogP contribution in [0.15, 0.2) is 66.2 Å². The van der Waals surface area contributed by atoms with Crippen molar-refractivity contribution in [3.05, 3.63) is 77.6 Å². The van der Waals surface area contributed by atoms with Crippen LogP contribution in [0.5, 0.6) is 0 Å². The number of carbonyl (C=O) groups excluding carboxylic acids is 1. The Morgan fingerprint density at radius 2 is 1.78 bits per heavy atom. The van der Waals surface area contributed by atoms with Crippen LogP contribution < -0.4 is 5.32 Å². The molecule has 1 heterocycles. The maximum absolute atomic E-state index is 13.5. The van der Waals surface area contributed by atoms with E-state index in [9.17, 15) is 4.79 Å². The summed E-state index contributed by atoms with van der Waals surface area (Å²) in [5, 5.41) is 15.7. The van der Waals surface area contributed by atoms with Gasteiger partial charge in [-0.05, 0) is 46.4 Å². The number of benzene rings is 2. The monoisotopic (exact) mass is 449 g/mol. The summed E-state index contributed by atoms with van der Waals surface area (Å²) in [6.45, 7) is 3.84. The van der Waals surface area contributed by atoms with Gasteiger partial charge in [-0.15, -0.1) is 5.10 Å². The Balaban J connectivity index is 1.56. The molecule has 0 bridgehead atoms. The number of allylic oxidation sites excluding steroid dienone is 1. The predicted octanol–water partition coefficient (Wildman–Crippen LogP) is 4.98. The molecule has 1 fully saturated rings. The number of halogens is 1. The Bertz CT molecular complexity index is 1070. The zero-order chi connectivity index (χ0) is 22.6. The van der Waals surface area contributed by atoms with E-state index in [0.29, 0.717) is 23.7 Å². The van der Waals surface area contributed by atoms with Gasteiger partial charge >= 0.3 is 0 Å². The topological polar surface area (TPSA) is 72.7 Å². The average molecular weight is 450 g/mol. The second-order valence-corrected chi connectivity index (χ2v) is 9.17. The van der Waals surface area contributed by atoms with E-state index in [4.69, 9.17) is 11.6 Å². The highest BCUT2D eigenvalue weighted by Gasteiger charge is 2.42. The highest BCUT2D eigenvalue weighted by Crippen LogP contribution is 2.44. The summed E-state index contributed by atoms with van der Waals surface area (Å²) in [5.41, 5.74) is 2.92. The van der Waals surface area contributed by atoms with Crippen LogP contribution in [-0.4, -0.2) is 26.1 Å². The molecule has 1 aromatic heterocycles. The molecule has 3 aromatic rings. The van der Waals surface area contributed by atoms with Crippen LogP contribution >= 0.6 is 11.6 Å². The molecule has 1 unspecified atom stereocenters. The van der Waals surface area contributed by atoms with Gasteiger partial charge in [0.25, 0.3) is 0 Å². The van der Waals surface area contributed by atoms with Crippen LogP contribution in [0.4, 0.5) is 0 Å². The lowest BCUT2D eigenvalue weighted by atomic mass is 9.81. The largest absolute Gasteiger partial charge is 0.345 e. The van der Waals surface area contributed by atoms with Gasteiger partial charge in [-0.25, -0.2) is 4.68 Å². The first-order chi connectivity index (χ1) is 15.5. The summed E-state index contributed by atoms with van der Waals surface area (Å²) in [7, 11) is 1.79. The lowest BCUT2D eigenvalue weighted by Gasteiger charge is -2.30. The molecule has 0 spiro atoms. The van der Waals surface area contributed by atoms with E-state index >= 15 is 0 Å².